The molecule has 1 atom stereocenters. The van der Waals surface area contributed by atoms with Crippen LogP contribution in [-0.2, 0) is 6.18 Å². The summed E-state index contributed by atoms with van der Waals surface area (Å²) in [5, 5.41) is 17.3. The van der Waals surface area contributed by atoms with E-state index in [2.05, 4.69) is 34.2 Å². The number of nitrogens with one attached hydrogen (secondary N) is 1. The number of anilines is 1. The number of nitrogens with two attached hydrogens (primary N) is 1. The Bertz CT molecular complexity index is 1190. The Labute approximate surface area is 201 Å². The van der Waals surface area contributed by atoms with Crippen molar-refractivity contribution in [2.75, 3.05) is 25.9 Å². The van der Waals surface area contributed by atoms with E-state index in [4.69, 9.17) is 5.73 Å². The summed E-state index contributed by atoms with van der Waals surface area (Å²) < 4.78 is 58.4. The van der Waals surface area contributed by atoms with Crippen LogP contribution in [0.5, 0.6) is 0 Å². The first kappa shape index (κ1) is 26.8. The number of hydrogen-bond acceptors (Lipinski definition) is 6. The lowest BCUT2D eigenvalue weighted by atomic mass is 9.98. The van der Waals surface area contributed by atoms with E-state index >= 15 is 4.39 Å². The van der Waals surface area contributed by atoms with Crippen molar-refractivity contribution in [1.82, 2.24) is 25.1 Å². The molecular weight excluding hydrogens is 464 g/mol. The lowest BCUT2D eigenvalue weighted by Gasteiger charge is -2.18. The monoisotopic (exact) mass is 496 g/mol. The molecule has 0 bridgehead atoms. The minimum atomic E-state index is -4.78. The van der Waals surface area contributed by atoms with E-state index in [0.29, 0.717) is 5.39 Å². The van der Waals surface area contributed by atoms with Gasteiger partial charge in [-0.25, -0.2) is 14.4 Å². The summed E-state index contributed by atoms with van der Waals surface area (Å²) in [6.07, 6.45) is -1.70. The minimum Gasteiger partial charge on any atom is -0.396 e. The van der Waals surface area contributed by atoms with E-state index in [1.807, 2.05) is 7.05 Å². The number of rotatable bonds is 6. The van der Waals surface area contributed by atoms with E-state index in [1.165, 1.54) is 17.8 Å². The molecule has 3 aromatic heterocycles. The Hall–Kier alpha value is -2.79. The molecular formula is C24H32F4N6O. The molecule has 4 N–H and O–H groups in total. The summed E-state index contributed by atoms with van der Waals surface area (Å²) in [4.78, 5) is 7.91. The molecule has 1 unspecified atom stereocenters. The predicted octanol–water partition coefficient (Wildman–Crippen LogP) is 4.83. The van der Waals surface area contributed by atoms with Gasteiger partial charge in [0.25, 0.3) is 0 Å². The Morgan fingerprint density at radius 2 is 1.89 bits per heavy atom. The van der Waals surface area contributed by atoms with Crippen LogP contribution in [0.3, 0.4) is 0 Å². The van der Waals surface area contributed by atoms with Gasteiger partial charge in [0.15, 0.2) is 5.82 Å². The number of halogens is 4. The molecule has 1 aliphatic rings. The Kier molecular flexibility index (Phi) is 8.00. The Balaban J connectivity index is 0.000000509. The highest BCUT2D eigenvalue weighted by molar-refractivity contribution is 5.87. The molecule has 0 aromatic carbocycles. The topological polar surface area (TPSA) is 102 Å². The molecule has 1 fully saturated rings. The van der Waals surface area contributed by atoms with Crippen LogP contribution >= 0.6 is 0 Å². The molecule has 3 aromatic rings. The molecule has 0 saturated heterocycles. The van der Waals surface area contributed by atoms with Gasteiger partial charge in [-0.3, -0.25) is 4.68 Å². The standard InChI is InChI=1S/C19H19F4N5O.C5H13N/c1-8(7-29)16-12-6-25-28(10-3-4-10)18(12)15(20)17(27-16)11-5-13(24)26-9(2)14(11)19(21,22)23;1-5(2)4-6-3/h5-6,8,10,29H,3-4,7H2,1-2H3,(H2,24,26);5-6H,4H2,1-3H3. The molecule has 0 amide bonds. The second-order valence-corrected chi connectivity index (χ2v) is 9.33. The number of alkyl halides is 3. The lowest BCUT2D eigenvalue weighted by molar-refractivity contribution is -0.137. The van der Waals surface area contributed by atoms with Gasteiger partial charge in [0.1, 0.15) is 17.0 Å². The molecule has 1 aliphatic carbocycles. The van der Waals surface area contributed by atoms with Gasteiger partial charge >= 0.3 is 6.18 Å². The van der Waals surface area contributed by atoms with Gasteiger partial charge in [0.05, 0.1) is 35.8 Å². The van der Waals surface area contributed by atoms with Crippen molar-refractivity contribution in [3.05, 3.63) is 35.0 Å². The average molecular weight is 497 g/mol. The third kappa shape index (κ3) is 5.72. The number of aryl methyl sites for hydroxylation is 1. The van der Waals surface area contributed by atoms with E-state index in [1.54, 1.807) is 6.92 Å². The van der Waals surface area contributed by atoms with Crippen molar-refractivity contribution in [1.29, 1.82) is 0 Å². The molecule has 11 heteroatoms. The van der Waals surface area contributed by atoms with Crippen LogP contribution in [0.15, 0.2) is 12.3 Å². The number of hydrogen-bond donors (Lipinski definition) is 3. The predicted molar refractivity (Wildman–Crippen MR) is 127 cm³/mol. The van der Waals surface area contributed by atoms with Crippen LogP contribution in [-0.4, -0.2) is 45.1 Å². The Morgan fingerprint density at radius 3 is 2.37 bits per heavy atom. The highest BCUT2D eigenvalue weighted by atomic mass is 19.4. The van der Waals surface area contributed by atoms with Crippen LogP contribution in [0.1, 0.15) is 62.5 Å². The molecule has 0 radical (unpaired) electrons. The zero-order chi connectivity index (χ0) is 26.1. The maximum Gasteiger partial charge on any atom is 0.418 e. The number of aliphatic hydroxyl groups is 1. The van der Waals surface area contributed by atoms with E-state index in [-0.39, 0.29) is 35.4 Å². The summed E-state index contributed by atoms with van der Waals surface area (Å²) >= 11 is 0. The summed E-state index contributed by atoms with van der Waals surface area (Å²) in [7, 11) is 1.97. The number of nitrogen functional groups attached to an aromatic ring is 1. The molecule has 0 spiro atoms. The fourth-order valence-electron chi connectivity index (χ4n) is 4.00. The molecule has 192 valence electrons. The smallest absolute Gasteiger partial charge is 0.396 e. The van der Waals surface area contributed by atoms with Crippen molar-refractivity contribution < 1.29 is 22.7 Å². The van der Waals surface area contributed by atoms with E-state index in [0.717, 1.165) is 31.4 Å². The zero-order valence-electron chi connectivity index (χ0n) is 20.5. The first-order chi connectivity index (χ1) is 16.4. The maximum absolute atomic E-state index is 15.6. The number of aromatic nitrogens is 4. The summed E-state index contributed by atoms with van der Waals surface area (Å²) in [5.74, 6) is -0.800. The van der Waals surface area contributed by atoms with Crippen molar-refractivity contribution in [3.63, 3.8) is 0 Å². The zero-order valence-corrected chi connectivity index (χ0v) is 20.5. The van der Waals surface area contributed by atoms with Crippen molar-refractivity contribution >= 4 is 16.7 Å². The largest absolute Gasteiger partial charge is 0.418 e. The van der Waals surface area contributed by atoms with Crippen LogP contribution in [0.2, 0.25) is 0 Å². The van der Waals surface area contributed by atoms with Gasteiger partial charge in [0.2, 0.25) is 0 Å². The first-order valence-corrected chi connectivity index (χ1v) is 11.6. The molecule has 4 rings (SSSR count). The van der Waals surface area contributed by atoms with Crippen LogP contribution in [0.4, 0.5) is 23.4 Å². The highest BCUT2D eigenvalue weighted by Crippen LogP contribution is 2.43. The third-order valence-electron chi connectivity index (χ3n) is 5.72. The van der Waals surface area contributed by atoms with Crippen LogP contribution < -0.4 is 11.1 Å². The van der Waals surface area contributed by atoms with Gasteiger partial charge < -0.3 is 16.2 Å². The van der Waals surface area contributed by atoms with Gasteiger partial charge in [-0.1, -0.05) is 20.8 Å². The maximum atomic E-state index is 15.6. The second-order valence-electron chi connectivity index (χ2n) is 9.33. The summed E-state index contributed by atoms with van der Waals surface area (Å²) in [5.41, 5.74) is 3.66. The molecule has 3 heterocycles. The lowest BCUT2D eigenvalue weighted by Crippen LogP contribution is -2.14. The minimum absolute atomic E-state index is 0.000801. The summed E-state index contributed by atoms with van der Waals surface area (Å²) in [6.45, 7) is 8.04. The highest BCUT2D eigenvalue weighted by Gasteiger charge is 2.39. The van der Waals surface area contributed by atoms with Crippen molar-refractivity contribution in [2.45, 2.75) is 58.7 Å². The molecule has 1 saturated carbocycles. The van der Waals surface area contributed by atoms with Gasteiger partial charge in [0, 0.05) is 16.9 Å². The van der Waals surface area contributed by atoms with E-state index in [9.17, 15) is 18.3 Å². The van der Waals surface area contributed by atoms with Crippen LogP contribution in [0.25, 0.3) is 22.2 Å². The molecule has 7 nitrogen and oxygen atoms in total. The average Bonchev–Trinajstić information content (AvgIpc) is 3.50. The number of aliphatic hydroxyl groups excluding tert-OH is 1. The first-order valence-electron chi connectivity index (χ1n) is 11.6. The Morgan fingerprint density at radius 1 is 1.23 bits per heavy atom. The number of fused-ring (bicyclic) bond motifs is 1. The van der Waals surface area contributed by atoms with Crippen molar-refractivity contribution in [2.24, 2.45) is 5.92 Å². The SMILES string of the molecule is CNCC(C)C.Cc1nc(N)cc(-c2nc(C(C)CO)c3cnn(C4CC4)c3c2F)c1C(F)(F)F. The molecule has 0 aliphatic heterocycles. The number of nitrogens with zero attached hydrogens (tertiary/aromatic N) is 4. The summed E-state index contributed by atoms with van der Waals surface area (Å²) in [6, 6.07) is 0.985. The third-order valence-corrected chi connectivity index (χ3v) is 5.72. The fourth-order valence-corrected chi connectivity index (χ4v) is 4.00. The molecule has 35 heavy (non-hydrogen) atoms. The van der Waals surface area contributed by atoms with Gasteiger partial charge in [-0.2, -0.15) is 18.3 Å². The van der Waals surface area contributed by atoms with Crippen LogP contribution in [0, 0.1) is 18.7 Å². The van der Waals surface area contributed by atoms with E-state index < -0.39 is 34.7 Å². The van der Waals surface area contributed by atoms with Gasteiger partial charge in [-0.15, -0.1) is 0 Å². The second kappa shape index (κ2) is 10.4. The fraction of sp³-hybridized carbons (Fsp3) is 0.542. The normalized spacial score (nSPS) is 14.8. The number of pyridine rings is 2. The van der Waals surface area contributed by atoms with Gasteiger partial charge in [-0.05, 0) is 45.3 Å². The van der Waals surface area contributed by atoms with Crippen molar-refractivity contribution in [3.8, 4) is 11.3 Å². The quantitative estimate of drug-likeness (QED) is 0.423.